The summed E-state index contributed by atoms with van der Waals surface area (Å²) in [5, 5.41) is 4.03. The Bertz CT molecular complexity index is 1230. The van der Waals surface area contributed by atoms with Gasteiger partial charge in [-0.05, 0) is 51.1 Å². The molecule has 0 saturated carbocycles. The lowest BCUT2D eigenvalue weighted by atomic mass is 10.1. The number of halogens is 1. The maximum atomic E-state index is 13.6. The van der Waals surface area contributed by atoms with E-state index in [4.69, 9.17) is 21.3 Å². The van der Waals surface area contributed by atoms with Gasteiger partial charge in [-0.15, -0.1) is 0 Å². The molecular weight excluding hydrogens is 464 g/mol. The van der Waals surface area contributed by atoms with E-state index in [0.717, 1.165) is 17.1 Å². The van der Waals surface area contributed by atoms with Crippen LogP contribution in [-0.2, 0) is 11.3 Å². The Morgan fingerprint density at radius 3 is 2.63 bits per heavy atom. The Kier molecular flexibility index (Phi) is 7.62. The number of benzene rings is 1. The van der Waals surface area contributed by atoms with Crippen LogP contribution in [0, 0.1) is 6.92 Å². The molecule has 8 nitrogen and oxygen atoms in total. The standard InChI is InChI=1S/C26H33ClN6O2/c1-6-33-25(19-12-11-18(31(4)5)14-20(19)27)29-17(3)24(26(33)34)30-21-15-32(16-22(21)35-7-2)23-10-8-9-13-28-23/h8-14,21-22,30H,6-7,15-16H2,1-5H3/t21?,22-/m0/s1. The highest BCUT2D eigenvalue weighted by Gasteiger charge is 2.35. The van der Waals surface area contributed by atoms with E-state index in [9.17, 15) is 4.79 Å². The molecule has 1 aliphatic heterocycles. The van der Waals surface area contributed by atoms with Crippen molar-refractivity contribution in [3.8, 4) is 11.4 Å². The number of nitrogens with zero attached hydrogens (tertiary/aromatic N) is 5. The molecule has 0 aliphatic carbocycles. The molecule has 0 spiro atoms. The van der Waals surface area contributed by atoms with Crippen molar-refractivity contribution in [2.45, 2.75) is 39.5 Å². The van der Waals surface area contributed by atoms with Crippen molar-refractivity contribution in [1.82, 2.24) is 14.5 Å². The minimum absolute atomic E-state index is 0.0794. The minimum Gasteiger partial charge on any atom is -0.378 e. The minimum atomic E-state index is -0.116. The fourth-order valence-electron chi connectivity index (χ4n) is 4.50. The molecule has 0 radical (unpaired) electrons. The average Bonchev–Trinajstić information content (AvgIpc) is 3.24. The van der Waals surface area contributed by atoms with Crippen LogP contribution < -0.4 is 20.7 Å². The third kappa shape index (κ3) is 5.13. The summed E-state index contributed by atoms with van der Waals surface area (Å²) in [6.07, 6.45) is 1.71. The first-order chi connectivity index (χ1) is 16.8. The zero-order valence-electron chi connectivity index (χ0n) is 21.0. The summed E-state index contributed by atoms with van der Waals surface area (Å²) >= 11 is 6.62. The fraction of sp³-hybridized carbons (Fsp3) is 0.423. The number of nitrogens with one attached hydrogen (secondary N) is 1. The van der Waals surface area contributed by atoms with Gasteiger partial charge in [0.1, 0.15) is 17.3 Å². The van der Waals surface area contributed by atoms with Crippen LogP contribution in [0.5, 0.6) is 0 Å². The van der Waals surface area contributed by atoms with Crippen LogP contribution in [0.3, 0.4) is 0 Å². The molecule has 186 valence electrons. The van der Waals surface area contributed by atoms with Crippen LogP contribution in [0.4, 0.5) is 17.2 Å². The third-order valence-corrected chi connectivity index (χ3v) is 6.64. The number of anilines is 3. The van der Waals surface area contributed by atoms with Crippen molar-refractivity contribution < 1.29 is 4.74 Å². The molecule has 0 amide bonds. The van der Waals surface area contributed by atoms with Gasteiger partial charge in [0.25, 0.3) is 5.56 Å². The smallest absolute Gasteiger partial charge is 0.277 e. The second kappa shape index (κ2) is 10.7. The molecule has 35 heavy (non-hydrogen) atoms. The van der Waals surface area contributed by atoms with Gasteiger partial charge in [-0.25, -0.2) is 9.97 Å². The van der Waals surface area contributed by atoms with Crippen LogP contribution in [0.1, 0.15) is 19.5 Å². The zero-order valence-corrected chi connectivity index (χ0v) is 21.7. The van der Waals surface area contributed by atoms with Gasteiger partial charge in [0.05, 0.1) is 22.9 Å². The van der Waals surface area contributed by atoms with E-state index in [1.807, 2.05) is 76.2 Å². The van der Waals surface area contributed by atoms with E-state index in [0.29, 0.717) is 48.5 Å². The van der Waals surface area contributed by atoms with Gasteiger partial charge in [-0.3, -0.25) is 9.36 Å². The van der Waals surface area contributed by atoms with Gasteiger partial charge in [0, 0.05) is 57.8 Å². The molecule has 1 aromatic carbocycles. The van der Waals surface area contributed by atoms with Gasteiger partial charge in [0.2, 0.25) is 0 Å². The molecule has 1 unspecified atom stereocenters. The molecule has 1 saturated heterocycles. The summed E-state index contributed by atoms with van der Waals surface area (Å²) in [4.78, 5) is 27.1. The molecule has 1 aliphatic rings. The number of pyridine rings is 1. The van der Waals surface area contributed by atoms with Crippen LogP contribution in [0.25, 0.3) is 11.4 Å². The maximum absolute atomic E-state index is 13.6. The first-order valence-corrected chi connectivity index (χ1v) is 12.3. The van der Waals surface area contributed by atoms with E-state index in [2.05, 4.69) is 15.2 Å². The second-order valence-corrected chi connectivity index (χ2v) is 9.25. The number of hydrogen-bond donors (Lipinski definition) is 1. The van der Waals surface area contributed by atoms with E-state index < -0.39 is 0 Å². The molecule has 1 fully saturated rings. The summed E-state index contributed by atoms with van der Waals surface area (Å²) < 4.78 is 7.71. The first-order valence-electron chi connectivity index (χ1n) is 12.0. The highest BCUT2D eigenvalue weighted by molar-refractivity contribution is 6.33. The van der Waals surface area contributed by atoms with Crippen molar-refractivity contribution >= 4 is 28.8 Å². The molecule has 2 aromatic heterocycles. The third-order valence-electron chi connectivity index (χ3n) is 6.33. The average molecular weight is 497 g/mol. The topological polar surface area (TPSA) is 75.5 Å². The van der Waals surface area contributed by atoms with E-state index >= 15 is 0 Å². The van der Waals surface area contributed by atoms with Crippen molar-refractivity contribution in [3.05, 3.63) is 63.7 Å². The van der Waals surface area contributed by atoms with Gasteiger partial charge in [-0.2, -0.15) is 0 Å². The van der Waals surface area contributed by atoms with Gasteiger partial charge < -0.3 is 19.9 Å². The maximum Gasteiger partial charge on any atom is 0.277 e. The molecule has 0 bridgehead atoms. The highest BCUT2D eigenvalue weighted by Crippen LogP contribution is 2.31. The van der Waals surface area contributed by atoms with Crippen LogP contribution in [-0.4, -0.2) is 60.5 Å². The van der Waals surface area contributed by atoms with Gasteiger partial charge >= 0.3 is 0 Å². The van der Waals surface area contributed by atoms with Crippen molar-refractivity contribution in [1.29, 1.82) is 0 Å². The molecule has 3 heterocycles. The summed E-state index contributed by atoms with van der Waals surface area (Å²) in [5.41, 5.74) is 2.73. The molecule has 3 aromatic rings. The van der Waals surface area contributed by atoms with Crippen LogP contribution in [0.2, 0.25) is 5.02 Å². The predicted molar refractivity (Wildman–Crippen MR) is 143 cm³/mol. The van der Waals surface area contributed by atoms with Crippen molar-refractivity contribution in [3.63, 3.8) is 0 Å². The molecule has 9 heteroatoms. The molecular formula is C26H33ClN6O2. The highest BCUT2D eigenvalue weighted by atomic mass is 35.5. The Hall–Kier alpha value is -3.10. The monoisotopic (exact) mass is 496 g/mol. The normalized spacial score (nSPS) is 17.6. The fourth-order valence-corrected chi connectivity index (χ4v) is 4.76. The Labute approximate surface area is 211 Å². The first kappa shape index (κ1) is 25.0. The van der Waals surface area contributed by atoms with E-state index in [1.54, 1.807) is 10.8 Å². The molecule has 4 rings (SSSR count). The lowest BCUT2D eigenvalue weighted by molar-refractivity contribution is 0.0720. The van der Waals surface area contributed by atoms with Gasteiger partial charge in [0.15, 0.2) is 0 Å². The quantitative estimate of drug-likeness (QED) is 0.504. The SMILES string of the molecule is CCO[C@H]1CN(c2ccccn2)CC1Nc1c(C)nc(-c2ccc(N(C)C)cc2Cl)n(CC)c1=O. The molecule has 2 atom stereocenters. The summed E-state index contributed by atoms with van der Waals surface area (Å²) in [7, 11) is 3.92. The van der Waals surface area contributed by atoms with Crippen molar-refractivity contribution in [2.75, 3.05) is 48.9 Å². The summed E-state index contributed by atoms with van der Waals surface area (Å²) in [5.74, 6) is 1.47. The number of rotatable bonds is 8. The number of aryl methyl sites for hydroxylation is 1. The van der Waals surface area contributed by atoms with Gasteiger partial charge in [-0.1, -0.05) is 17.7 Å². The zero-order chi connectivity index (χ0) is 25.1. The largest absolute Gasteiger partial charge is 0.378 e. The van der Waals surface area contributed by atoms with Crippen molar-refractivity contribution in [2.24, 2.45) is 0 Å². The lowest BCUT2D eigenvalue weighted by Gasteiger charge is -2.23. The lowest BCUT2D eigenvalue weighted by Crippen LogP contribution is -2.38. The van der Waals surface area contributed by atoms with Crippen LogP contribution >= 0.6 is 11.6 Å². The number of aromatic nitrogens is 3. The summed E-state index contributed by atoms with van der Waals surface area (Å²) in [6, 6.07) is 11.6. The number of ether oxygens (including phenoxy) is 1. The van der Waals surface area contributed by atoms with E-state index in [-0.39, 0.29) is 17.7 Å². The van der Waals surface area contributed by atoms with E-state index in [1.165, 1.54) is 0 Å². The Morgan fingerprint density at radius 1 is 1.20 bits per heavy atom. The van der Waals surface area contributed by atoms with Crippen LogP contribution in [0.15, 0.2) is 47.4 Å². The summed E-state index contributed by atoms with van der Waals surface area (Å²) in [6.45, 7) is 8.22. The predicted octanol–water partition coefficient (Wildman–Crippen LogP) is 4.06. The Morgan fingerprint density at radius 2 is 2.00 bits per heavy atom. The number of hydrogen-bond acceptors (Lipinski definition) is 7. The second-order valence-electron chi connectivity index (χ2n) is 8.84. The molecule has 1 N–H and O–H groups in total. The Balaban J connectivity index is 1.68.